The van der Waals surface area contributed by atoms with Gasteiger partial charge in [-0.05, 0) is 36.3 Å². The summed E-state index contributed by atoms with van der Waals surface area (Å²) in [6, 6.07) is 12.0. The van der Waals surface area contributed by atoms with Crippen LogP contribution < -0.4 is 0 Å². The van der Waals surface area contributed by atoms with Gasteiger partial charge in [0.2, 0.25) is 10.0 Å². The van der Waals surface area contributed by atoms with Gasteiger partial charge in [-0.2, -0.15) is 15.6 Å². The number of aryl methyl sites for hydroxylation is 1. The number of benzene rings is 1. The van der Waals surface area contributed by atoms with E-state index in [0.717, 1.165) is 19.3 Å². The highest BCUT2D eigenvalue weighted by atomic mass is 32.2. The molecule has 1 aromatic heterocycles. The van der Waals surface area contributed by atoms with Crippen LogP contribution >= 0.6 is 11.3 Å². The molecule has 0 bridgehead atoms. The fraction of sp³-hybridized carbons (Fsp3) is 0.412. The number of ether oxygens (including phenoxy) is 1. The first-order valence-electron chi connectivity index (χ1n) is 7.84. The predicted octanol–water partition coefficient (Wildman–Crippen LogP) is 3.16. The van der Waals surface area contributed by atoms with E-state index in [9.17, 15) is 8.42 Å². The van der Waals surface area contributed by atoms with Crippen LogP contribution in [-0.4, -0.2) is 38.5 Å². The van der Waals surface area contributed by atoms with Crippen molar-refractivity contribution in [2.45, 2.75) is 30.3 Å². The van der Waals surface area contributed by atoms with Gasteiger partial charge < -0.3 is 4.74 Å². The van der Waals surface area contributed by atoms with Gasteiger partial charge in [-0.25, -0.2) is 8.42 Å². The van der Waals surface area contributed by atoms with E-state index in [2.05, 4.69) is 12.1 Å². The fourth-order valence-corrected chi connectivity index (χ4v) is 5.28. The van der Waals surface area contributed by atoms with Gasteiger partial charge in [0.25, 0.3) is 0 Å². The standard InChI is InChI=1S/C17H21NO3S2/c19-23(20,17-9-12-22-14-17)18-10-11-21-16(13-18)8-4-7-15-5-2-1-3-6-15/h1-3,5-6,9,12,14,16H,4,7-8,10-11,13H2/t16-/m0/s1. The van der Waals surface area contributed by atoms with Crippen LogP contribution in [0.15, 0.2) is 52.1 Å². The van der Waals surface area contributed by atoms with Crippen LogP contribution in [0.1, 0.15) is 18.4 Å². The smallest absolute Gasteiger partial charge is 0.244 e. The first kappa shape index (κ1) is 16.6. The summed E-state index contributed by atoms with van der Waals surface area (Å²) in [7, 11) is -3.37. The molecule has 1 fully saturated rings. The molecule has 1 saturated heterocycles. The molecule has 2 aromatic rings. The third kappa shape index (κ3) is 4.20. The van der Waals surface area contributed by atoms with Crippen LogP contribution in [0.25, 0.3) is 0 Å². The van der Waals surface area contributed by atoms with Crippen molar-refractivity contribution in [2.24, 2.45) is 0 Å². The van der Waals surface area contributed by atoms with Crippen molar-refractivity contribution < 1.29 is 13.2 Å². The van der Waals surface area contributed by atoms with Gasteiger partial charge in [-0.3, -0.25) is 0 Å². The van der Waals surface area contributed by atoms with E-state index in [-0.39, 0.29) is 6.10 Å². The van der Waals surface area contributed by atoms with E-state index in [0.29, 0.717) is 24.6 Å². The van der Waals surface area contributed by atoms with Gasteiger partial charge in [-0.15, -0.1) is 0 Å². The minimum Gasteiger partial charge on any atom is -0.375 e. The van der Waals surface area contributed by atoms with E-state index in [1.807, 2.05) is 18.2 Å². The van der Waals surface area contributed by atoms with Crippen molar-refractivity contribution in [1.82, 2.24) is 4.31 Å². The maximum Gasteiger partial charge on any atom is 0.244 e. The van der Waals surface area contributed by atoms with Crippen LogP contribution in [0.4, 0.5) is 0 Å². The number of hydrogen-bond donors (Lipinski definition) is 0. The second-order valence-corrected chi connectivity index (χ2v) is 8.41. The Balaban J connectivity index is 1.54. The number of sulfonamides is 1. The Hall–Kier alpha value is -1.21. The third-order valence-electron chi connectivity index (χ3n) is 4.07. The van der Waals surface area contributed by atoms with Crippen LogP contribution in [0, 0.1) is 0 Å². The van der Waals surface area contributed by atoms with E-state index < -0.39 is 10.0 Å². The molecule has 1 aromatic carbocycles. The van der Waals surface area contributed by atoms with E-state index >= 15 is 0 Å². The van der Waals surface area contributed by atoms with Crippen molar-refractivity contribution in [1.29, 1.82) is 0 Å². The van der Waals surface area contributed by atoms with Crippen LogP contribution in [-0.2, 0) is 21.2 Å². The second-order valence-electron chi connectivity index (χ2n) is 5.69. The molecule has 2 heterocycles. The molecule has 6 heteroatoms. The maximum atomic E-state index is 12.6. The monoisotopic (exact) mass is 351 g/mol. The molecule has 0 unspecified atom stereocenters. The van der Waals surface area contributed by atoms with Gasteiger partial charge in [-0.1, -0.05) is 30.3 Å². The van der Waals surface area contributed by atoms with Gasteiger partial charge in [0.1, 0.15) is 0 Å². The van der Waals surface area contributed by atoms with Gasteiger partial charge in [0.05, 0.1) is 17.6 Å². The average molecular weight is 351 g/mol. The van der Waals surface area contributed by atoms with Crippen molar-refractivity contribution in [3.05, 3.63) is 52.7 Å². The molecule has 0 amide bonds. The van der Waals surface area contributed by atoms with Crippen molar-refractivity contribution >= 4 is 21.4 Å². The molecule has 0 saturated carbocycles. The molecule has 124 valence electrons. The number of morpholine rings is 1. The lowest BCUT2D eigenvalue weighted by Gasteiger charge is -2.32. The topological polar surface area (TPSA) is 46.6 Å². The number of nitrogens with zero attached hydrogens (tertiary/aromatic N) is 1. The van der Waals surface area contributed by atoms with E-state index in [4.69, 9.17) is 4.74 Å². The Morgan fingerprint density at radius 3 is 2.78 bits per heavy atom. The highest BCUT2D eigenvalue weighted by Crippen LogP contribution is 2.22. The Bertz CT molecular complexity index is 699. The molecular formula is C17H21NO3S2. The quantitative estimate of drug-likeness (QED) is 0.803. The zero-order valence-corrected chi connectivity index (χ0v) is 14.6. The molecule has 0 aliphatic carbocycles. The second kappa shape index (κ2) is 7.57. The largest absolute Gasteiger partial charge is 0.375 e. The third-order valence-corrected chi connectivity index (χ3v) is 6.76. The SMILES string of the molecule is O=S(=O)(c1ccsc1)N1CCO[C@@H](CCCc2ccccc2)C1. The predicted molar refractivity (Wildman–Crippen MR) is 92.2 cm³/mol. The van der Waals surface area contributed by atoms with Crippen LogP contribution in [0.5, 0.6) is 0 Å². The summed E-state index contributed by atoms with van der Waals surface area (Å²) >= 11 is 1.41. The lowest BCUT2D eigenvalue weighted by Crippen LogP contribution is -2.45. The Morgan fingerprint density at radius 1 is 1.22 bits per heavy atom. The van der Waals surface area contributed by atoms with E-state index in [1.54, 1.807) is 21.1 Å². The summed E-state index contributed by atoms with van der Waals surface area (Å²) in [5.41, 5.74) is 1.31. The molecule has 23 heavy (non-hydrogen) atoms. The summed E-state index contributed by atoms with van der Waals surface area (Å²) in [5.74, 6) is 0. The summed E-state index contributed by atoms with van der Waals surface area (Å²) < 4.78 is 32.4. The highest BCUT2D eigenvalue weighted by molar-refractivity contribution is 7.89. The summed E-state index contributed by atoms with van der Waals surface area (Å²) in [4.78, 5) is 0.396. The van der Waals surface area contributed by atoms with E-state index in [1.165, 1.54) is 16.9 Å². The zero-order valence-electron chi connectivity index (χ0n) is 12.9. The lowest BCUT2D eigenvalue weighted by molar-refractivity contribution is -0.00639. The first-order valence-corrected chi connectivity index (χ1v) is 10.2. The number of rotatable bonds is 6. The van der Waals surface area contributed by atoms with Crippen molar-refractivity contribution in [3.8, 4) is 0 Å². The normalized spacial score (nSPS) is 19.7. The number of hydrogen-bond acceptors (Lipinski definition) is 4. The zero-order chi connectivity index (χ0) is 16.1. The highest BCUT2D eigenvalue weighted by Gasteiger charge is 2.30. The minimum atomic E-state index is -3.37. The Labute approximate surface area is 141 Å². The minimum absolute atomic E-state index is 0.0131. The molecule has 1 aliphatic rings. The summed E-state index contributed by atoms with van der Waals surface area (Å²) in [5, 5.41) is 3.49. The molecule has 1 atom stereocenters. The summed E-state index contributed by atoms with van der Waals surface area (Å²) in [6.45, 7) is 1.36. The molecule has 4 nitrogen and oxygen atoms in total. The molecule has 1 aliphatic heterocycles. The lowest BCUT2D eigenvalue weighted by atomic mass is 10.1. The fourth-order valence-electron chi connectivity index (χ4n) is 2.81. The Kier molecular flexibility index (Phi) is 5.48. The first-order chi connectivity index (χ1) is 11.2. The molecule has 3 rings (SSSR count). The van der Waals surface area contributed by atoms with Crippen molar-refractivity contribution in [2.75, 3.05) is 19.7 Å². The van der Waals surface area contributed by atoms with Crippen LogP contribution in [0.3, 0.4) is 0 Å². The molecule has 0 radical (unpaired) electrons. The van der Waals surface area contributed by atoms with Gasteiger partial charge >= 0.3 is 0 Å². The van der Waals surface area contributed by atoms with Gasteiger partial charge in [0.15, 0.2) is 0 Å². The molecular weight excluding hydrogens is 330 g/mol. The number of thiophene rings is 1. The maximum absolute atomic E-state index is 12.6. The van der Waals surface area contributed by atoms with Gasteiger partial charge in [0, 0.05) is 18.5 Å². The summed E-state index contributed by atoms with van der Waals surface area (Å²) in [6.07, 6.45) is 2.87. The van der Waals surface area contributed by atoms with Crippen molar-refractivity contribution in [3.63, 3.8) is 0 Å². The Morgan fingerprint density at radius 2 is 2.04 bits per heavy atom. The molecule has 0 spiro atoms. The van der Waals surface area contributed by atoms with Crippen LogP contribution in [0.2, 0.25) is 0 Å². The molecule has 0 N–H and O–H groups in total. The average Bonchev–Trinajstić information content (AvgIpc) is 3.11.